The quantitative estimate of drug-likeness (QED) is 0.583. The summed E-state index contributed by atoms with van der Waals surface area (Å²) in [7, 11) is 0.245. The van der Waals surface area contributed by atoms with E-state index in [0.29, 0.717) is 12.3 Å². The van der Waals surface area contributed by atoms with Crippen LogP contribution in [0.5, 0.6) is 0 Å². The summed E-state index contributed by atoms with van der Waals surface area (Å²) in [4.78, 5) is 29.1. The van der Waals surface area contributed by atoms with E-state index in [1.165, 1.54) is 7.11 Å². The molecule has 0 aliphatic rings. The Morgan fingerprint density at radius 3 is 2.48 bits per heavy atom. The topological polar surface area (TPSA) is 109 Å². The van der Waals surface area contributed by atoms with Crippen molar-refractivity contribution in [3.8, 4) is 0 Å². The Bertz CT molecular complexity index is 905. The van der Waals surface area contributed by atoms with E-state index in [1.807, 2.05) is 24.3 Å². The third kappa shape index (κ3) is 8.50. The van der Waals surface area contributed by atoms with Gasteiger partial charge in [-0.1, -0.05) is 12.1 Å². The lowest BCUT2D eigenvalue weighted by molar-refractivity contribution is -0.143. The summed E-state index contributed by atoms with van der Waals surface area (Å²) in [5.41, 5.74) is 0.865. The number of methoxy groups -OCH3 is 1. The number of esters is 1. The third-order valence-electron chi connectivity index (χ3n) is 4.04. The number of amides is 1. The number of carbonyl (C=O) groups excluding carboxylic acids is 2. The first-order valence-electron chi connectivity index (χ1n) is 9.65. The van der Waals surface area contributed by atoms with Gasteiger partial charge in [0.05, 0.1) is 25.7 Å². The fourth-order valence-electron chi connectivity index (χ4n) is 2.62. The number of nitrogens with one attached hydrogen (secondary N) is 1. The largest absolute Gasteiger partial charge is 0.467 e. The lowest BCUT2D eigenvalue weighted by Crippen LogP contribution is -2.45. The van der Waals surface area contributed by atoms with Crippen LogP contribution in [0.1, 0.15) is 32.0 Å². The van der Waals surface area contributed by atoms with Crippen molar-refractivity contribution in [1.82, 2.24) is 14.9 Å². The van der Waals surface area contributed by atoms with Crippen molar-refractivity contribution in [1.29, 1.82) is 0 Å². The summed E-state index contributed by atoms with van der Waals surface area (Å²) in [6.07, 6.45) is 4.39. The zero-order valence-corrected chi connectivity index (χ0v) is 19.2. The number of carbonyl (C=O) groups is 2. The maximum absolute atomic E-state index is 12.0. The molecule has 0 aliphatic carbocycles. The summed E-state index contributed by atoms with van der Waals surface area (Å²) in [5, 5.41) is 2.52. The molecule has 0 fully saturated rings. The van der Waals surface area contributed by atoms with Gasteiger partial charge >= 0.3 is 12.1 Å². The molecule has 9 nitrogen and oxygen atoms in total. The molecule has 0 aliphatic heterocycles. The van der Waals surface area contributed by atoms with Crippen LogP contribution >= 0.6 is 0 Å². The number of ether oxygens (including phenoxy) is 3. The molecule has 1 unspecified atom stereocenters. The van der Waals surface area contributed by atoms with Crippen molar-refractivity contribution < 1.29 is 28.0 Å². The van der Waals surface area contributed by atoms with Crippen molar-refractivity contribution in [2.45, 2.75) is 57.1 Å². The van der Waals surface area contributed by atoms with Gasteiger partial charge in [0.15, 0.2) is 0 Å². The number of hydrogen-bond donors (Lipinski definition) is 1. The van der Waals surface area contributed by atoms with Gasteiger partial charge in [0.2, 0.25) is 0 Å². The molecule has 31 heavy (non-hydrogen) atoms. The van der Waals surface area contributed by atoms with E-state index in [1.54, 1.807) is 44.1 Å². The molecule has 10 heteroatoms. The number of alkyl carbamates (subject to hydrolysis) is 1. The Morgan fingerprint density at radius 2 is 1.90 bits per heavy atom. The average Bonchev–Trinajstić information content (AvgIpc) is 3.13. The first-order chi connectivity index (χ1) is 14.6. The predicted octanol–water partition coefficient (Wildman–Crippen LogP) is 2.40. The summed E-state index contributed by atoms with van der Waals surface area (Å²) in [5.74, 6) is -0.590. The van der Waals surface area contributed by atoms with Crippen LogP contribution < -0.4 is 5.32 Å². The van der Waals surface area contributed by atoms with Gasteiger partial charge in [-0.15, -0.1) is 0 Å². The van der Waals surface area contributed by atoms with Crippen molar-refractivity contribution in [2.24, 2.45) is 0 Å². The molecular formula is C21H29N3O6S. The van der Waals surface area contributed by atoms with E-state index in [2.05, 4.69) is 10.3 Å². The minimum atomic E-state index is -1.01. The molecular weight excluding hydrogens is 422 g/mol. The molecule has 0 spiro atoms. The van der Waals surface area contributed by atoms with E-state index < -0.39 is 34.5 Å². The lowest BCUT2D eigenvalue weighted by atomic mass is 10.1. The summed E-state index contributed by atoms with van der Waals surface area (Å²) >= 11 is 0. The summed E-state index contributed by atoms with van der Waals surface area (Å²) in [6.45, 7) is 5.85. The van der Waals surface area contributed by atoms with E-state index in [-0.39, 0.29) is 13.2 Å². The van der Waals surface area contributed by atoms with Crippen LogP contribution in [0.2, 0.25) is 0 Å². The highest BCUT2D eigenvalue weighted by atomic mass is 32.2. The summed E-state index contributed by atoms with van der Waals surface area (Å²) < 4.78 is 28.8. The Hall–Kier alpha value is -2.72. The zero-order chi connectivity index (χ0) is 23.0. The molecule has 2 atom stereocenters. The highest BCUT2D eigenvalue weighted by molar-refractivity contribution is 7.84. The normalized spacial score (nSPS) is 13.3. The SMILES string of the molecule is COC(=O)[C@H](Cc1cn(COCc2ccc(S(C)=O)cc2)cn1)NC(=O)OC(C)(C)C. The Labute approximate surface area is 184 Å². The second-order valence-electron chi connectivity index (χ2n) is 7.88. The van der Waals surface area contributed by atoms with Crippen molar-refractivity contribution in [3.05, 3.63) is 48.0 Å². The van der Waals surface area contributed by atoms with E-state index in [0.717, 1.165) is 10.5 Å². The number of imidazole rings is 1. The number of hydrogen-bond acceptors (Lipinski definition) is 7. The van der Waals surface area contributed by atoms with E-state index >= 15 is 0 Å². The van der Waals surface area contributed by atoms with Crippen LogP contribution in [0.25, 0.3) is 0 Å². The molecule has 0 saturated carbocycles. The first-order valence-corrected chi connectivity index (χ1v) is 11.2. The van der Waals surface area contributed by atoms with Crippen LogP contribution in [0, 0.1) is 0 Å². The number of rotatable bonds is 9. The second-order valence-corrected chi connectivity index (χ2v) is 9.26. The lowest BCUT2D eigenvalue weighted by Gasteiger charge is -2.22. The van der Waals surface area contributed by atoms with Gasteiger partial charge in [0.25, 0.3) is 0 Å². The molecule has 1 N–H and O–H groups in total. The van der Waals surface area contributed by atoms with Crippen molar-refractivity contribution in [3.63, 3.8) is 0 Å². The van der Waals surface area contributed by atoms with Gasteiger partial charge in [-0.25, -0.2) is 14.6 Å². The standard InChI is InChI=1S/C21H29N3O6S/c1-21(2,3)30-20(26)23-18(19(25)28-4)10-16-11-24(13-22-16)14-29-12-15-6-8-17(9-7-15)31(5)27/h6-9,11,13,18H,10,12,14H2,1-5H3,(H,23,26)/t18-,31?/m0/s1. The monoisotopic (exact) mass is 451 g/mol. The fourth-order valence-corrected chi connectivity index (χ4v) is 3.14. The van der Waals surface area contributed by atoms with Crippen LogP contribution in [-0.2, 0) is 49.6 Å². The summed E-state index contributed by atoms with van der Waals surface area (Å²) in [6, 6.07) is 6.45. The molecule has 1 amide bonds. The minimum Gasteiger partial charge on any atom is -0.467 e. The van der Waals surface area contributed by atoms with E-state index in [9.17, 15) is 13.8 Å². The fraction of sp³-hybridized carbons (Fsp3) is 0.476. The average molecular weight is 452 g/mol. The van der Waals surface area contributed by atoms with Crippen LogP contribution in [-0.4, -0.2) is 50.8 Å². The molecule has 0 saturated heterocycles. The molecule has 1 aromatic carbocycles. The van der Waals surface area contributed by atoms with E-state index in [4.69, 9.17) is 14.2 Å². The van der Waals surface area contributed by atoms with Crippen LogP contribution in [0.15, 0.2) is 41.7 Å². The third-order valence-corrected chi connectivity index (χ3v) is 4.98. The number of aromatic nitrogens is 2. The smallest absolute Gasteiger partial charge is 0.408 e. The maximum Gasteiger partial charge on any atom is 0.408 e. The van der Waals surface area contributed by atoms with Gasteiger partial charge in [0.1, 0.15) is 18.4 Å². The van der Waals surface area contributed by atoms with Crippen LogP contribution in [0.4, 0.5) is 4.79 Å². The molecule has 2 aromatic rings. The molecule has 170 valence electrons. The predicted molar refractivity (Wildman–Crippen MR) is 115 cm³/mol. The Morgan fingerprint density at radius 1 is 1.23 bits per heavy atom. The molecule has 0 radical (unpaired) electrons. The van der Waals surface area contributed by atoms with Gasteiger partial charge < -0.3 is 24.1 Å². The number of benzene rings is 1. The van der Waals surface area contributed by atoms with Gasteiger partial charge in [-0.3, -0.25) is 4.21 Å². The zero-order valence-electron chi connectivity index (χ0n) is 18.4. The van der Waals surface area contributed by atoms with Crippen molar-refractivity contribution in [2.75, 3.05) is 13.4 Å². The van der Waals surface area contributed by atoms with Gasteiger partial charge in [-0.05, 0) is 38.5 Å². The Kier molecular flexibility index (Phi) is 8.76. The van der Waals surface area contributed by atoms with Crippen LogP contribution in [0.3, 0.4) is 0 Å². The first kappa shape index (κ1) is 24.5. The molecule has 1 aromatic heterocycles. The highest BCUT2D eigenvalue weighted by Crippen LogP contribution is 2.10. The molecule has 1 heterocycles. The Balaban J connectivity index is 1.89. The van der Waals surface area contributed by atoms with Crippen molar-refractivity contribution >= 4 is 22.9 Å². The molecule has 2 rings (SSSR count). The molecule has 0 bridgehead atoms. The second kappa shape index (κ2) is 11.1. The van der Waals surface area contributed by atoms with Gasteiger partial charge in [0, 0.05) is 34.6 Å². The maximum atomic E-state index is 12.0. The number of nitrogens with zero attached hydrogens (tertiary/aromatic N) is 2. The minimum absolute atomic E-state index is 0.147. The highest BCUT2D eigenvalue weighted by Gasteiger charge is 2.26. The van der Waals surface area contributed by atoms with Gasteiger partial charge in [-0.2, -0.15) is 0 Å².